The highest BCUT2D eigenvalue weighted by Gasteiger charge is 2.23. The molecule has 0 saturated carbocycles. The molecular weight excluding hydrogens is 350 g/mol. The van der Waals surface area contributed by atoms with E-state index in [-0.39, 0.29) is 11.7 Å². The van der Waals surface area contributed by atoms with E-state index in [1.165, 1.54) is 16.8 Å². The zero-order valence-electron chi connectivity index (χ0n) is 13.8. The summed E-state index contributed by atoms with van der Waals surface area (Å²) >= 11 is 0. The Hall–Kier alpha value is -1.84. The van der Waals surface area contributed by atoms with Crippen molar-refractivity contribution in [1.29, 1.82) is 0 Å². The number of benzene rings is 1. The van der Waals surface area contributed by atoms with E-state index in [1.54, 1.807) is 12.3 Å². The molecule has 1 aliphatic rings. The molecule has 0 aliphatic carbocycles. The number of likely N-dealkylation sites (tertiary alicyclic amines) is 1. The summed E-state index contributed by atoms with van der Waals surface area (Å²) in [5.74, 6) is -1.31. The van der Waals surface area contributed by atoms with Gasteiger partial charge >= 0.3 is 0 Å². The summed E-state index contributed by atoms with van der Waals surface area (Å²) in [6, 6.07) is 5.01. The number of nitrogens with one attached hydrogen (secondary N) is 1. The zero-order valence-corrected chi connectivity index (χ0v) is 14.6. The monoisotopic (exact) mass is 370 g/mol. The molecule has 2 heterocycles. The molecule has 136 valence electrons. The number of rotatable bonds is 5. The van der Waals surface area contributed by atoms with Crippen molar-refractivity contribution < 1.29 is 17.2 Å². The molecule has 1 aromatic carbocycles. The van der Waals surface area contributed by atoms with Gasteiger partial charge in [0.15, 0.2) is 5.82 Å². The van der Waals surface area contributed by atoms with Crippen molar-refractivity contribution in [1.82, 2.24) is 19.4 Å². The SMILES string of the molecule is CS(=O)(=O)NC1CCCN(Cc2ccn(-c3ccc(F)cc3F)n2)C1. The van der Waals surface area contributed by atoms with Gasteiger partial charge in [0, 0.05) is 31.4 Å². The maximum atomic E-state index is 13.8. The molecule has 1 fully saturated rings. The Balaban J connectivity index is 1.67. The lowest BCUT2D eigenvalue weighted by Crippen LogP contribution is -2.47. The largest absolute Gasteiger partial charge is 0.296 e. The van der Waals surface area contributed by atoms with E-state index in [2.05, 4.69) is 14.7 Å². The van der Waals surface area contributed by atoms with Crippen molar-refractivity contribution in [3.63, 3.8) is 0 Å². The van der Waals surface area contributed by atoms with Crippen molar-refractivity contribution in [2.45, 2.75) is 25.4 Å². The third kappa shape index (κ3) is 4.83. The van der Waals surface area contributed by atoms with Crippen LogP contribution in [0.15, 0.2) is 30.5 Å². The summed E-state index contributed by atoms with van der Waals surface area (Å²) in [4.78, 5) is 2.11. The average Bonchev–Trinajstić information content (AvgIpc) is 2.94. The Morgan fingerprint density at radius 1 is 1.32 bits per heavy atom. The predicted octanol–water partition coefficient (Wildman–Crippen LogP) is 1.66. The van der Waals surface area contributed by atoms with E-state index >= 15 is 0 Å². The van der Waals surface area contributed by atoms with Crippen LogP contribution in [0.5, 0.6) is 0 Å². The van der Waals surface area contributed by atoms with Crippen molar-refractivity contribution in [3.8, 4) is 5.69 Å². The minimum absolute atomic E-state index is 0.111. The maximum Gasteiger partial charge on any atom is 0.208 e. The third-order valence-electron chi connectivity index (χ3n) is 4.07. The standard InChI is InChI=1S/C16H20F2N4O2S/c1-25(23,24)20-14-3-2-7-21(11-14)10-13-6-8-22(19-13)16-5-4-12(17)9-15(16)18/h4-6,8-9,14,20H,2-3,7,10-11H2,1H3. The fourth-order valence-electron chi connectivity index (χ4n) is 3.07. The number of hydrogen-bond donors (Lipinski definition) is 1. The average molecular weight is 370 g/mol. The van der Waals surface area contributed by atoms with Crippen LogP contribution in [0.4, 0.5) is 8.78 Å². The summed E-state index contributed by atoms with van der Waals surface area (Å²) in [7, 11) is -3.23. The van der Waals surface area contributed by atoms with Crippen LogP contribution in [-0.2, 0) is 16.6 Å². The molecule has 0 bridgehead atoms. The molecule has 0 amide bonds. The van der Waals surface area contributed by atoms with Gasteiger partial charge in [0.1, 0.15) is 11.5 Å². The highest BCUT2D eigenvalue weighted by atomic mass is 32.2. The van der Waals surface area contributed by atoms with Crippen LogP contribution in [0.3, 0.4) is 0 Å². The van der Waals surface area contributed by atoms with Crippen LogP contribution in [0.1, 0.15) is 18.5 Å². The highest BCUT2D eigenvalue weighted by Crippen LogP contribution is 2.17. The van der Waals surface area contributed by atoms with Gasteiger partial charge in [-0.3, -0.25) is 4.90 Å². The van der Waals surface area contributed by atoms with Crippen molar-refractivity contribution in [2.24, 2.45) is 0 Å². The van der Waals surface area contributed by atoms with Crippen LogP contribution in [0.25, 0.3) is 5.69 Å². The minimum Gasteiger partial charge on any atom is -0.296 e. The Bertz CT molecular complexity index is 854. The lowest BCUT2D eigenvalue weighted by Gasteiger charge is -2.32. The lowest BCUT2D eigenvalue weighted by atomic mass is 10.1. The molecule has 6 nitrogen and oxygen atoms in total. The molecule has 1 atom stereocenters. The summed E-state index contributed by atoms with van der Waals surface area (Å²) in [6.45, 7) is 1.99. The molecule has 1 aromatic heterocycles. The minimum atomic E-state index is -3.23. The van der Waals surface area contributed by atoms with Crippen LogP contribution in [-0.4, -0.2) is 48.5 Å². The van der Waals surface area contributed by atoms with Crippen LogP contribution in [0.2, 0.25) is 0 Å². The summed E-state index contributed by atoms with van der Waals surface area (Å²) in [6.07, 6.45) is 4.48. The fraction of sp³-hybridized carbons (Fsp3) is 0.438. The second-order valence-corrected chi connectivity index (χ2v) is 8.09. The molecule has 3 rings (SSSR count). The predicted molar refractivity (Wildman–Crippen MR) is 89.8 cm³/mol. The summed E-state index contributed by atoms with van der Waals surface area (Å²) < 4.78 is 53.6. The second kappa shape index (κ2) is 7.19. The molecule has 0 radical (unpaired) electrons. The van der Waals surface area contributed by atoms with Gasteiger partial charge in [-0.05, 0) is 37.6 Å². The van der Waals surface area contributed by atoms with Crippen LogP contribution < -0.4 is 4.72 Å². The number of sulfonamides is 1. The molecule has 0 spiro atoms. The first-order valence-electron chi connectivity index (χ1n) is 8.00. The van der Waals surface area contributed by atoms with Crippen molar-refractivity contribution in [3.05, 3.63) is 47.8 Å². The highest BCUT2D eigenvalue weighted by molar-refractivity contribution is 7.88. The molecule has 2 aromatic rings. The number of aromatic nitrogens is 2. The van der Waals surface area contributed by atoms with Gasteiger partial charge in [-0.2, -0.15) is 5.10 Å². The molecule has 1 N–H and O–H groups in total. The molecule has 1 aliphatic heterocycles. The number of piperidine rings is 1. The Labute approximate surface area is 145 Å². The smallest absolute Gasteiger partial charge is 0.208 e. The van der Waals surface area contributed by atoms with Gasteiger partial charge in [0.25, 0.3) is 0 Å². The van der Waals surface area contributed by atoms with Crippen LogP contribution in [0, 0.1) is 11.6 Å². The molecule has 9 heteroatoms. The quantitative estimate of drug-likeness (QED) is 0.869. The molecule has 25 heavy (non-hydrogen) atoms. The van der Waals surface area contributed by atoms with Gasteiger partial charge in [-0.25, -0.2) is 26.6 Å². The summed E-state index contributed by atoms with van der Waals surface area (Å²) in [5.41, 5.74) is 0.923. The normalized spacial score (nSPS) is 19.2. The molecular formula is C16H20F2N4O2S. The van der Waals surface area contributed by atoms with E-state index in [0.717, 1.165) is 37.4 Å². The Morgan fingerprint density at radius 3 is 2.84 bits per heavy atom. The first-order valence-corrected chi connectivity index (χ1v) is 9.89. The van der Waals surface area contributed by atoms with Gasteiger partial charge in [0.2, 0.25) is 10.0 Å². The van der Waals surface area contributed by atoms with E-state index < -0.39 is 21.7 Å². The first-order chi connectivity index (χ1) is 11.8. The fourth-order valence-corrected chi connectivity index (χ4v) is 3.87. The molecule has 1 saturated heterocycles. The Morgan fingerprint density at radius 2 is 2.12 bits per heavy atom. The van der Waals surface area contributed by atoms with E-state index in [9.17, 15) is 17.2 Å². The van der Waals surface area contributed by atoms with Gasteiger partial charge in [-0.15, -0.1) is 0 Å². The number of halogens is 2. The van der Waals surface area contributed by atoms with Gasteiger partial charge in [-0.1, -0.05) is 0 Å². The maximum absolute atomic E-state index is 13.8. The number of hydrogen-bond acceptors (Lipinski definition) is 4. The number of nitrogens with zero attached hydrogens (tertiary/aromatic N) is 3. The van der Waals surface area contributed by atoms with Crippen LogP contribution >= 0.6 is 0 Å². The zero-order chi connectivity index (χ0) is 18.0. The molecule has 1 unspecified atom stereocenters. The van der Waals surface area contributed by atoms with Gasteiger partial charge < -0.3 is 0 Å². The Kier molecular flexibility index (Phi) is 5.16. The lowest BCUT2D eigenvalue weighted by molar-refractivity contribution is 0.192. The topological polar surface area (TPSA) is 67.2 Å². The van der Waals surface area contributed by atoms with Crippen molar-refractivity contribution >= 4 is 10.0 Å². The van der Waals surface area contributed by atoms with E-state index in [0.29, 0.717) is 13.1 Å². The van der Waals surface area contributed by atoms with E-state index in [4.69, 9.17) is 0 Å². The second-order valence-electron chi connectivity index (χ2n) is 6.31. The van der Waals surface area contributed by atoms with Crippen molar-refractivity contribution in [2.75, 3.05) is 19.3 Å². The third-order valence-corrected chi connectivity index (χ3v) is 4.83. The first kappa shape index (κ1) is 18.0. The van der Waals surface area contributed by atoms with E-state index in [1.807, 2.05) is 0 Å². The van der Waals surface area contributed by atoms with Gasteiger partial charge in [0.05, 0.1) is 11.9 Å². The summed E-state index contributed by atoms with van der Waals surface area (Å²) in [5, 5.41) is 4.34.